The predicted octanol–water partition coefficient (Wildman–Crippen LogP) is 3.49. The van der Waals surface area contributed by atoms with Crippen LogP contribution in [0, 0.1) is 5.92 Å². The molecule has 0 radical (unpaired) electrons. The zero-order chi connectivity index (χ0) is 18.3. The zero-order valence-electron chi connectivity index (χ0n) is 14.7. The molecule has 2 aromatic heterocycles. The van der Waals surface area contributed by atoms with E-state index < -0.39 is 0 Å². The quantitative estimate of drug-likeness (QED) is 0.740. The van der Waals surface area contributed by atoms with Gasteiger partial charge in [0.15, 0.2) is 5.13 Å². The summed E-state index contributed by atoms with van der Waals surface area (Å²) in [6.07, 6.45) is 2.20. The van der Waals surface area contributed by atoms with Crippen LogP contribution in [0.15, 0.2) is 35.8 Å². The highest BCUT2D eigenvalue weighted by Crippen LogP contribution is 2.31. The van der Waals surface area contributed by atoms with Crippen LogP contribution in [0.2, 0.25) is 0 Å². The first kappa shape index (κ1) is 16.8. The van der Waals surface area contributed by atoms with Crippen molar-refractivity contribution in [1.82, 2.24) is 14.9 Å². The Morgan fingerprint density at radius 1 is 1.38 bits per heavy atom. The predicted molar refractivity (Wildman–Crippen MR) is 103 cm³/mol. The maximum atomic E-state index is 12.5. The molecule has 1 unspecified atom stereocenters. The van der Waals surface area contributed by atoms with E-state index in [1.54, 1.807) is 4.90 Å². The van der Waals surface area contributed by atoms with Crippen LogP contribution in [0.5, 0.6) is 0 Å². The van der Waals surface area contributed by atoms with Crippen LogP contribution in [0.25, 0.3) is 22.2 Å². The summed E-state index contributed by atoms with van der Waals surface area (Å²) in [5.41, 5.74) is 2.90. The summed E-state index contributed by atoms with van der Waals surface area (Å²) in [7, 11) is 0. The first-order chi connectivity index (χ1) is 12.5. The molecular weight excluding hydrogens is 348 g/mol. The fourth-order valence-corrected chi connectivity index (χ4v) is 4.07. The van der Waals surface area contributed by atoms with Crippen LogP contribution < -0.4 is 5.32 Å². The van der Waals surface area contributed by atoms with Crippen molar-refractivity contribution in [2.24, 2.45) is 5.92 Å². The van der Waals surface area contributed by atoms with Crippen molar-refractivity contribution in [3.05, 3.63) is 35.8 Å². The summed E-state index contributed by atoms with van der Waals surface area (Å²) < 4.78 is 0. The number of nitrogens with one attached hydrogen (secondary N) is 2. The van der Waals surface area contributed by atoms with Gasteiger partial charge in [-0.3, -0.25) is 9.59 Å². The third-order valence-corrected chi connectivity index (χ3v) is 5.51. The lowest BCUT2D eigenvalue weighted by molar-refractivity contribution is -0.129. The van der Waals surface area contributed by atoms with Crippen LogP contribution in [-0.4, -0.2) is 39.3 Å². The summed E-state index contributed by atoms with van der Waals surface area (Å²) >= 11 is 1.40. The number of likely N-dealkylation sites (tertiary alicyclic amines) is 1. The van der Waals surface area contributed by atoms with Gasteiger partial charge in [-0.2, -0.15) is 0 Å². The highest BCUT2D eigenvalue weighted by Gasteiger charge is 2.35. The molecule has 6 nitrogen and oxygen atoms in total. The van der Waals surface area contributed by atoms with E-state index in [0.29, 0.717) is 11.7 Å². The van der Waals surface area contributed by atoms with Crippen LogP contribution in [-0.2, 0) is 9.59 Å². The Balaban J connectivity index is 1.49. The molecule has 1 saturated heterocycles. The van der Waals surface area contributed by atoms with Gasteiger partial charge < -0.3 is 15.2 Å². The van der Waals surface area contributed by atoms with Crippen molar-refractivity contribution < 1.29 is 9.59 Å². The second-order valence-electron chi connectivity index (χ2n) is 6.82. The minimum absolute atomic E-state index is 0.0405. The Morgan fingerprint density at radius 2 is 2.19 bits per heavy atom. The summed E-state index contributed by atoms with van der Waals surface area (Å²) in [6.45, 7) is 4.40. The summed E-state index contributed by atoms with van der Waals surface area (Å²) in [5.74, 6) is -0.412. The van der Waals surface area contributed by atoms with E-state index in [2.05, 4.69) is 15.3 Å². The van der Waals surface area contributed by atoms with Crippen molar-refractivity contribution in [3.63, 3.8) is 0 Å². The van der Waals surface area contributed by atoms with Gasteiger partial charge in [-0.15, -0.1) is 11.3 Å². The number of nitrogens with zero attached hydrogens (tertiary/aromatic N) is 2. The molecule has 3 heterocycles. The van der Waals surface area contributed by atoms with Gasteiger partial charge in [0, 0.05) is 47.1 Å². The molecule has 2 amide bonds. The van der Waals surface area contributed by atoms with Crippen molar-refractivity contribution in [2.45, 2.75) is 26.3 Å². The minimum Gasteiger partial charge on any atom is -0.360 e. The van der Waals surface area contributed by atoms with E-state index in [4.69, 9.17) is 0 Å². The number of rotatable bonds is 4. The molecule has 3 aromatic rings. The molecule has 0 saturated carbocycles. The monoisotopic (exact) mass is 368 g/mol. The molecule has 1 aromatic carbocycles. The number of thiazole rings is 1. The van der Waals surface area contributed by atoms with Crippen molar-refractivity contribution >= 4 is 39.2 Å². The number of aromatic nitrogens is 2. The average molecular weight is 368 g/mol. The molecule has 7 heteroatoms. The van der Waals surface area contributed by atoms with E-state index >= 15 is 0 Å². The van der Waals surface area contributed by atoms with Crippen molar-refractivity contribution in [3.8, 4) is 11.3 Å². The summed E-state index contributed by atoms with van der Waals surface area (Å²) in [5, 5.41) is 6.47. The Bertz CT molecular complexity index is 975. The van der Waals surface area contributed by atoms with Gasteiger partial charge in [-0.25, -0.2) is 4.98 Å². The summed E-state index contributed by atoms with van der Waals surface area (Å²) in [6, 6.07) is 8.16. The van der Waals surface area contributed by atoms with Gasteiger partial charge >= 0.3 is 0 Å². The fourth-order valence-electron chi connectivity index (χ4n) is 3.35. The van der Waals surface area contributed by atoms with Crippen LogP contribution in [0.1, 0.15) is 20.3 Å². The van der Waals surface area contributed by atoms with Crippen molar-refractivity contribution in [1.29, 1.82) is 0 Å². The number of hydrogen-bond acceptors (Lipinski definition) is 4. The highest BCUT2D eigenvalue weighted by molar-refractivity contribution is 7.14. The topological polar surface area (TPSA) is 78.1 Å². The van der Waals surface area contributed by atoms with Gasteiger partial charge in [0.1, 0.15) is 0 Å². The second kappa shape index (κ2) is 6.57. The third-order valence-electron chi connectivity index (χ3n) is 4.75. The van der Waals surface area contributed by atoms with Gasteiger partial charge in [0.2, 0.25) is 11.8 Å². The molecule has 1 fully saturated rings. The number of carbonyl (C=O) groups is 2. The number of anilines is 1. The highest BCUT2D eigenvalue weighted by atomic mass is 32.1. The molecule has 0 bridgehead atoms. The number of amides is 2. The number of H-pyrrole nitrogens is 1. The Morgan fingerprint density at radius 3 is 2.96 bits per heavy atom. The lowest BCUT2D eigenvalue weighted by atomic mass is 10.1. The molecule has 1 atom stereocenters. The van der Waals surface area contributed by atoms with Gasteiger partial charge in [-0.05, 0) is 19.9 Å². The Labute approximate surface area is 155 Å². The lowest BCUT2D eigenvalue weighted by Gasteiger charge is -2.20. The van der Waals surface area contributed by atoms with E-state index in [1.807, 2.05) is 49.7 Å². The molecule has 134 valence electrons. The molecule has 0 aliphatic carbocycles. The molecule has 1 aliphatic rings. The molecule has 2 N–H and O–H groups in total. The SMILES string of the molecule is CC(C)N1CC(C(=O)Nc2nc(-c3c[nH]c4ccccc34)cs2)CC1=O. The number of hydrogen-bond donors (Lipinski definition) is 2. The number of fused-ring (bicyclic) bond motifs is 1. The molecule has 4 rings (SSSR count). The molecule has 0 spiro atoms. The maximum absolute atomic E-state index is 12.5. The molecule has 26 heavy (non-hydrogen) atoms. The standard InChI is InChI=1S/C19H20N4O2S/c1-11(2)23-9-12(7-17(23)24)18(25)22-19-21-16(10-26-19)14-8-20-15-6-4-3-5-13(14)15/h3-6,8,10-12,20H,7,9H2,1-2H3,(H,21,22,25). The Hall–Kier alpha value is -2.67. The maximum Gasteiger partial charge on any atom is 0.231 e. The summed E-state index contributed by atoms with van der Waals surface area (Å²) in [4.78, 5) is 34.0. The number of benzene rings is 1. The largest absolute Gasteiger partial charge is 0.360 e. The minimum atomic E-state index is -0.315. The average Bonchev–Trinajstić information content (AvgIpc) is 3.32. The van der Waals surface area contributed by atoms with E-state index in [-0.39, 0.29) is 30.2 Å². The smallest absolute Gasteiger partial charge is 0.231 e. The van der Waals surface area contributed by atoms with Crippen LogP contribution in [0.4, 0.5) is 5.13 Å². The first-order valence-electron chi connectivity index (χ1n) is 8.65. The fraction of sp³-hybridized carbons (Fsp3) is 0.316. The van der Waals surface area contributed by atoms with Crippen LogP contribution in [0.3, 0.4) is 0 Å². The number of aromatic amines is 1. The van der Waals surface area contributed by atoms with E-state index in [1.165, 1.54) is 11.3 Å². The second-order valence-corrected chi connectivity index (χ2v) is 7.67. The Kier molecular flexibility index (Phi) is 4.24. The van der Waals surface area contributed by atoms with Gasteiger partial charge in [0.25, 0.3) is 0 Å². The van der Waals surface area contributed by atoms with Gasteiger partial charge in [-0.1, -0.05) is 18.2 Å². The van der Waals surface area contributed by atoms with Crippen LogP contribution >= 0.6 is 11.3 Å². The van der Waals surface area contributed by atoms with Gasteiger partial charge in [0.05, 0.1) is 11.6 Å². The van der Waals surface area contributed by atoms with Crippen molar-refractivity contribution in [2.75, 3.05) is 11.9 Å². The molecular formula is C19H20N4O2S. The normalized spacial score (nSPS) is 17.4. The first-order valence-corrected chi connectivity index (χ1v) is 9.53. The third kappa shape index (κ3) is 2.99. The zero-order valence-corrected chi connectivity index (χ0v) is 15.5. The number of para-hydroxylation sites is 1. The van der Waals surface area contributed by atoms with E-state index in [0.717, 1.165) is 22.2 Å². The number of carbonyl (C=O) groups excluding carboxylic acids is 2. The lowest BCUT2D eigenvalue weighted by Crippen LogP contribution is -2.33. The molecule has 1 aliphatic heterocycles. The van der Waals surface area contributed by atoms with E-state index in [9.17, 15) is 9.59 Å².